The highest BCUT2D eigenvalue weighted by atomic mass is 32.1. The summed E-state index contributed by atoms with van der Waals surface area (Å²) in [4.78, 5) is 18.2. The molecule has 0 amide bonds. The molecule has 0 atom stereocenters. The lowest BCUT2D eigenvalue weighted by Gasteiger charge is -2.01. The van der Waals surface area contributed by atoms with E-state index in [4.69, 9.17) is 4.52 Å². The van der Waals surface area contributed by atoms with E-state index in [-0.39, 0.29) is 12.1 Å². The first-order chi connectivity index (χ1) is 13.7. The molecule has 0 unspecified atom stereocenters. The van der Waals surface area contributed by atoms with Crippen molar-refractivity contribution in [1.82, 2.24) is 24.3 Å². The van der Waals surface area contributed by atoms with Gasteiger partial charge in [-0.25, -0.2) is 4.52 Å². The molecule has 7 nitrogen and oxygen atoms in total. The van der Waals surface area contributed by atoms with Crippen LogP contribution in [0.4, 0.5) is 0 Å². The van der Waals surface area contributed by atoms with Gasteiger partial charge in [-0.2, -0.15) is 10.1 Å². The van der Waals surface area contributed by atoms with Crippen LogP contribution in [-0.2, 0) is 6.54 Å². The maximum atomic E-state index is 12.9. The molecule has 0 saturated carbocycles. The van der Waals surface area contributed by atoms with Gasteiger partial charge < -0.3 is 9.09 Å². The Kier molecular flexibility index (Phi) is 3.91. The van der Waals surface area contributed by atoms with Crippen molar-refractivity contribution >= 4 is 16.9 Å². The van der Waals surface area contributed by atoms with Crippen molar-refractivity contribution in [3.05, 3.63) is 82.0 Å². The van der Waals surface area contributed by atoms with Crippen LogP contribution in [0.15, 0.2) is 69.6 Å². The molecule has 0 radical (unpaired) electrons. The second kappa shape index (κ2) is 6.58. The van der Waals surface area contributed by atoms with Crippen LogP contribution in [0.1, 0.15) is 11.5 Å². The average molecular weight is 389 g/mol. The molecule has 5 aromatic rings. The normalized spacial score (nSPS) is 11.3. The molecule has 0 aliphatic carbocycles. The Labute approximate surface area is 163 Å². The van der Waals surface area contributed by atoms with Crippen LogP contribution in [0.2, 0.25) is 0 Å². The van der Waals surface area contributed by atoms with Crippen molar-refractivity contribution in [2.45, 2.75) is 13.5 Å². The smallest absolute Gasteiger partial charge is 0.277 e. The minimum atomic E-state index is -0.161. The fourth-order valence-corrected chi connectivity index (χ4v) is 3.76. The van der Waals surface area contributed by atoms with E-state index in [9.17, 15) is 4.79 Å². The van der Waals surface area contributed by atoms with Crippen molar-refractivity contribution < 1.29 is 4.52 Å². The zero-order valence-electron chi connectivity index (χ0n) is 14.9. The Morgan fingerprint density at radius 1 is 1.14 bits per heavy atom. The standard InChI is InChI=1S/C20H15N5O2S/c1-13-5-2-3-6-14(13)15-11-16-20(26)24(8-9-25(16)22-15)12-18-21-19(23-27-18)17-7-4-10-28-17/h2-11H,12H2,1H3. The Morgan fingerprint density at radius 2 is 2.04 bits per heavy atom. The second-order valence-electron chi connectivity index (χ2n) is 6.39. The molecule has 4 aromatic heterocycles. The molecule has 0 N–H and O–H groups in total. The Bertz CT molecular complexity index is 1330. The van der Waals surface area contributed by atoms with Crippen molar-refractivity contribution in [2.75, 3.05) is 0 Å². The van der Waals surface area contributed by atoms with Crippen LogP contribution in [-0.4, -0.2) is 24.3 Å². The van der Waals surface area contributed by atoms with Crippen LogP contribution >= 0.6 is 11.3 Å². The monoisotopic (exact) mass is 389 g/mol. The number of fused-ring (bicyclic) bond motifs is 1. The van der Waals surface area contributed by atoms with Gasteiger partial charge in [0.05, 0.1) is 10.6 Å². The molecule has 0 saturated heterocycles. The summed E-state index contributed by atoms with van der Waals surface area (Å²) in [6.45, 7) is 2.23. The topological polar surface area (TPSA) is 78.2 Å². The van der Waals surface area contributed by atoms with E-state index in [1.165, 1.54) is 11.3 Å². The number of aryl methyl sites for hydroxylation is 1. The third-order valence-corrected chi connectivity index (χ3v) is 5.41. The molecule has 5 rings (SSSR count). The highest BCUT2D eigenvalue weighted by molar-refractivity contribution is 7.13. The lowest BCUT2D eigenvalue weighted by Crippen LogP contribution is -2.21. The number of rotatable bonds is 4. The molecular weight excluding hydrogens is 374 g/mol. The Hall–Kier alpha value is -3.52. The number of nitrogens with zero attached hydrogens (tertiary/aromatic N) is 5. The highest BCUT2D eigenvalue weighted by Gasteiger charge is 2.14. The summed E-state index contributed by atoms with van der Waals surface area (Å²) in [7, 11) is 0. The van der Waals surface area contributed by atoms with Crippen molar-refractivity contribution in [1.29, 1.82) is 0 Å². The summed E-state index contributed by atoms with van der Waals surface area (Å²) in [5.41, 5.74) is 3.23. The first kappa shape index (κ1) is 16.6. The average Bonchev–Trinajstić information content (AvgIpc) is 3.44. The fraction of sp³-hybridized carbons (Fsp3) is 0.100. The molecule has 8 heteroatoms. The number of hydrogen-bond donors (Lipinski definition) is 0. The van der Waals surface area contributed by atoms with Crippen LogP contribution in [0.5, 0.6) is 0 Å². The van der Waals surface area contributed by atoms with Gasteiger partial charge in [0, 0.05) is 18.0 Å². The predicted molar refractivity (Wildman–Crippen MR) is 106 cm³/mol. The summed E-state index contributed by atoms with van der Waals surface area (Å²) in [5, 5.41) is 10.5. The number of aromatic nitrogens is 5. The first-order valence-corrected chi connectivity index (χ1v) is 9.58. The molecule has 0 bridgehead atoms. The second-order valence-corrected chi connectivity index (χ2v) is 7.34. The summed E-state index contributed by atoms with van der Waals surface area (Å²) in [5.74, 6) is 0.916. The fourth-order valence-electron chi connectivity index (χ4n) is 3.11. The van der Waals surface area contributed by atoms with E-state index >= 15 is 0 Å². The largest absolute Gasteiger partial charge is 0.337 e. The molecule has 4 heterocycles. The minimum absolute atomic E-state index is 0.161. The molecule has 138 valence electrons. The Morgan fingerprint density at radius 3 is 2.86 bits per heavy atom. The lowest BCUT2D eigenvalue weighted by atomic mass is 10.1. The maximum absolute atomic E-state index is 12.9. The van der Waals surface area contributed by atoms with Crippen molar-refractivity contribution in [3.8, 4) is 22.0 Å². The predicted octanol–water partition coefficient (Wildman–Crippen LogP) is 3.63. The van der Waals surface area contributed by atoms with Crippen LogP contribution in [0.25, 0.3) is 27.5 Å². The van der Waals surface area contributed by atoms with Gasteiger partial charge in [-0.3, -0.25) is 4.79 Å². The van der Waals surface area contributed by atoms with Gasteiger partial charge in [-0.05, 0) is 30.0 Å². The lowest BCUT2D eigenvalue weighted by molar-refractivity contribution is 0.370. The molecule has 1 aromatic carbocycles. The van der Waals surface area contributed by atoms with Gasteiger partial charge in [-0.1, -0.05) is 35.5 Å². The van der Waals surface area contributed by atoms with Gasteiger partial charge >= 0.3 is 0 Å². The Balaban J connectivity index is 1.50. The van der Waals surface area contributed by atoms with E-state index < -0.39 is 0 Å². The summed E-state index contributed by atoms with van der Waals surface area (Å²) < 4.78 is 8.46. The van der Waals surface area contributed by atoms with E-state index in [1.54, 1.807) is 21.5 Å². The summed E-state index contributed by atoms with van der Waals surface area (Å²) in [6.07, 6.45) is 3.44. The first-order valence-electron chi connectivity index (χ1n) is 8.70. The number of benzene rings is 1. The molecule has 0 fully saturated rings. The molecule has 0 aliphatic rings. The zero-order chi connectivity index (χ0) is 19.1. The van der Waals surface area contributed by atoms with E-state index in [0.717, 1.165) is 21.7 Å². The van der Waals surface area contributed by atoms with E-state index in [1.807, 2.05) is 54.8 Å². The molecular formula is C20H15N5O2S. The molecule has 0 aliphatic heterocycles. The van der Waals surface area contributed by atoms with E-state index in [0.29, 0.717) is 17.2 Å². The third-order valence-electron chi connectivity index (χ3n) is 4.54. The molecule has 28 heavy (non-hydrogen) atoms. The highest BCUT2D eigenvalue weighted by Crippen LogP contribution is 2.23. The van der Waals surface area contributed by atoms with Crippen LogP contribution in [0, 0.1) is 6.92 Å². The maximum Gasteiger partial charge on any atom is 0.277 e. The molecule has 0 spiro atoms. The van der Waals surface area contributed by atoms with Gasteiger partial charge in [0.2, 0.25) is 11.7 Å². The van der Waals surface area contributed by atoms with Crippen LogP contribution < -0.4 is 5.56 Å². The number of thiophene rings is 1. The van der Waals surface area contributed by atoms with Gasteiger partial charge in [-0.15, -0.1) is 11.3 Å². The van der Waals surface area contributed by atoms with Crippen molar-refractivity contribution in [3.63, 3.8) is 0 Å². The third kappa shape index (κ3) is 2.84. The van der Waals surface area contributed by atoms with Gasteiger partial charge in [0.15, 0.2) is 0 Å². The SMILES string of the molecule is Cc1ccccc1-c1cc2c(=O)n(Cc3nc(-c4cccs4)no3)ccn2n1. The quantitative estimate of drug-likeness (QED) is 0.469. The minimum Gasteiger partial charge on any atom is -0.337 e. The zero-order valence-corrected chi connectivity index (χ0v) is 15.8. The van der Waals surface area contributed by atoms with Crippen molar-refractivity contribution in [2.24, 2.45) is 0 Å². The van der Waals surface area contributed by atoms with Gasteiger partial charge in [0.25, 0.3) is 5.56 Å². The van der Waals surface area contributed by atoms with E-state index in [2.05, 4.69) is 15.2 Å². The summed E-state index contributed by atoms with van der Waals surface area (Å²) >= 11 is 1.54. The van der Waals surface area contributed by atoms with Gasteiger partial charge in [0.1, 0.15) is 12.1 Å². The summed E-state index contributed by atoms with van der Waals surface area (Å²) in [6, 6.07) is 13.6. The number of hydrogen-bond acceptors (Lipinski definition) is 6. The van der Waals surface area contributed by atoms with Crippen LogP contribution in [0.3, 0.4) is 0 Å².